The molecular weight excluding hydrogens is 793 g/mol. The minimum absolute atomic E-state index is 0.0684. The van der Waals surface area contributed by atoms with Gasteiger partial charge in [-0.15, -0.1) is 0 Å². The lowest BCUT2D eigenvalue weighted by Crippen LogP contribution is -2.30. The summed E-state index contributed by atoms with van der Waals surface area (Å²) in [7, 11) is 0. The van der Waals surface area contributed by atoms with Crippen LogP contribution in [0, 0.1) is 0 Å². The van der Waals surface area contributed by atoms with Crippen LogP contribution >= 0.6 is 0 Å². The van der Waals surface area contributed by atoms with Gasteiger partial charge < -0.3 is 14.2 Å². The molecule has 0 rings (SSSR count). The summed E-state index contributed by atoms with van der Waals surface area (Å²) in [4.78, 5) is 37.7. The molecule has 6 nitrogen and oxygen atoms in total. The zero-order chi connectivity index (χ0) is 46.5. The number of carbonyl (C=O) groups excluding carboxylic acids is 3. The Morgan fingerprint density at radius 1 is 0.328 bits per heavy atom. The summed E-state index contributed by atoms with van der Waals surface area (Å²) in [5.74, 6) is -0.866. The van der Waals surface area contributed by atoms with E-state index in [1.165, 1.54) is 161 Å². The predicted molar refractivity (Wildman–Crippen MR) is 275 cm³/mol. The first-order valence-corrected chi connectivity index (χ1v) is 27.6. The van der Waals surface area contributed by atoms with Crippen LogP contribution in [0.1, 0.15) is 284 Å². The van der Waals surface area contributed by atoms with E-state index in [2.05, 4.69) is 69.4 Å². The molecule has 6 heteroatoms. The van der Waals surface area contributed by atoms with Crippen molar-refractivity contribution < 1.29 is 28.6 Å². The fraction of sp³-hybridized carbons (Fsp3) is 0.810. The average Bonchev–Trinajstić information content (AvgIpc) is 3.29. The minimum Gasteiger partial charge on any atom is -0.462 e. The van der Waals surface area contributed by atoms with Crippen molar-refractivity contribution in [2.75, 3.05) is 13.2 Å². The third kappa shape index (κ3) is 50.4. The molecule has 0 heterocycles. The van der Waals surface area contributed by atoms with Crippen molar-refractivity contribution in [3.63, 3.8) is 0 Å². The van der Waals surface area contributed by atoms with Gasteiger partial charge in [0.05, 0.1) is 0 Å². The molecule has 64 heavy (non-hydrogen) atoms. The van der Waals surface area contributed by atoms with Gasteiger partial charge in [-0.3, -0.25) is 14.4 Å². The molecule has 0 aromatic heterocycles. The standard InChI is InChI=1S/C58H104O6/c1-4-7-10-13-16-18-20-21-22-23-24-25-26-27-28-29-30-31-32-33-34-35-36-37-38-40-42-45-48-51-57(60)63-54-55(53-62-56(59)50-47-44-41-15-12-9-6-3)64-58(61)52-49-46-43-39-19-17-14-11-8-5-2/h7,10,16,18,21-22,24-25,55H,4-6,8-9,11-15,17,19-20,23,26-54H2,1-3H3/b10-7-,18-16-,22-21-,25-24-. The van der Waals surface area contributed by atoms with Gasteiger partial charge in [0.25, 0.3) is 0 Å². The number of rotatable bonds is 50. The second-order valence-corrected chi connectivity index (χ2v) is 18.5. The second kappa shape index (κ2) is 53.0. The maximum absolute atomic E-state index is 12.7. The molecule has 1 atom stereocenters. The maximum Gasteiger partial charge on any atom is 0.306 e. The Labute approximate surface area is 397 Å². The molecular formula is C58H104O6. The van der Waals surface area contributed by atoms with E-state index < -0.39 is 6.10 Å². The summed E-state index contributed by atoms with van der Waals surface area (Å²) in [5, 5.41) is 0. The highest BCUT2D eigenvalue weighted by molar-refractivity contribution is 5.71. The molecule has 0 N–H and O–H groups in total. The molecule has 0 aliphatic rings. The molecule has 0 aromatic rings. The molecule has 0 aromatic carbocycles. The van der Waals surface area contributed by atoms with Crippen LogP contribution in [0.5, 0.6) is 0 Å². The molecule has 0 saturated heterocycles. The summed E-state index contributed by atoms with van der Waals surface area (Å²) in [6.07, 6.45) is 64.3. The van der Waals surface area contributed by atoms with Gasteiger partial charge in [0.1, 0.15) is 13.2 Å². The van der Waals surface area contributed by atoms with Crippen molar-refractivity contribution in [3.8, 4) is 0 Å². The number of unbranched alkanes of at least 4 members (excludes halogenated alkanes) is 31. The van der Waals surface area contributed by atoms with Crippen LogP contribution in [0.4, 0.5) is 0 Å². The molecule has 0 aliphatic carbocycles. The van der Waals surface area contributed by atoms with Crippen LogP contribution in [-0.4, -0.2) is 37.2 Å². The van der Waals surface area contributed by atoms with Gasteiger partial charge in [-0.2, -0.15) is 0 Å². The van der Waals surface area contributed by atoms with Gasteiger partial charge in [0.2, 0.25) is 0 Å². The van der Waals surface area contributed by atoms with Gasteiger partial charge in [-0.05, 0) is 57.8 Å². The van der Waals surface area contributed by atoms with Gasteiger partial charge in [0.15, 0.2) is 6.10 Å². The predicted octanol–water partition coefficient (Wildman–Crippen LogP) is 18.3. The molecule has 0 bridgehead atoms. The monoisotopic (exact) mass is 897 g/mol. The fourth-order valence-electron chi connectivity index (χ4n) is 7.96. The minimum atomic E-state index is -0.764. The van der Waals surface area contributed by atoms with Gasteiger partial charge in [0, 0.05) is 19.3 Å². The number of carbonyl (C=O) groups is 3. The van der Waals surface area contributed by atoms with E-state index in [1.54, 1.807) is 0 Å². The highest BCUT2D eigenvalue weighted by Crippen LogP contribution is 2.16. The number of hydrogen-bond acceptors (Lipinski definition) is 6. The van der Waals surface area contributed by atoms with Gasteiger partial charge in [-0.1, -0.05) is 256 Å². The third-order valence-electron chi connectivity index (χ3n) is 12.1. The van der Waals surface area contributed by atoms with Crippen molar-refractivity contribution in [2.45, 2.75) is 290 Å². The smallest absolute Gasteiger partial charge is 0.306 e. The lowest BCUT2D eigenvalue weighted by Gasteiger charge is -2.18. The fourth-order valence-corrected chi connectivity index (χ4v) is 7.96. The van der Waals surface area contributed by atoms with E-state index in [1.807, 2.05) is 0 Å². The Balaban J connectivity index is 3.98. The number of allylic oxidation sites excluding steroid dienone is 8. The number of ether oxygens (including phenoxy) is 3. The van der Waals surface area contributed by atoms with Crippen LogP contribution in [0.25, 0.3) is 0 Å². The normalized spacial score (nSPS) is 12.4. The molecule has 0 aliphatic heterocycles. The summed E-state index contributed by atoms with van der Waals surface area (Å²) < 4.78 is 16.7. The van der Waals surface area contributed by atoms with Gasteiger partial charge >= 0.3 is 17.9 Å². The Kier molecular flexibility index (Phi) is 50.8. The summed E-state index contributed by atoms with van der Waals surface area (Å²) in [6.45, 7) is 6.49. The molecule has 0 fully saturated rings. The first-order valence-electron chi connectivity index (χ1n) is 27.6. The van der Waals surface area contributed by atoms with Crippen LogP contribution in [-0.2, 0) is 28.6 Å². The van der Waals surface area contributed by atoms with Crippen molar-refractivity contribution in [1.29, 1.82) is 0 Å². The average molecular weight is 897 g/mol. The molecule has 0 radical (unpaired) electrons. The first kappa shape index (κ1) is 61.4. The van der Waals surface area contributed by atoms with E-state index in [-0.39, 0.29) is 31.1 Å². The Bertz CT molecular complexity index is 1120. The zero-order valence-corrected chi connectivity index (χ0v) is 42.6. The molecule has 0 spiro atoms. The van der Waals surface area contributed by atoms with E-state index >= 15 is 0 Å². The molecule has 0 saturated carbocycles. The molecule has 1 unspecified atom stereocenters. The summed E-state index contributed by atoms with van der Waals surface area (Å²) >= 11 is 0. The Hall–Kier alpha value is -2.63. The van der Waals surface area contributed by atoms with E-state index in [0.29, 0.717) is 19.3 Å². The van der Waals surface area contributed by atoms with Crippen LogP contribution in [0.3, 0.4) is 0 Å². The van der Waals surface area contributed by atoms with E-state index in [9.17, 15) is 14.4 Å². The summed E-state index contributed by atoms with van der Waals surface area (Å²) in [6, 6.07) is 0. The Morgan fingerprint density at radius 3 is 0.953 bits per heavy atom. The quantitative estimate of drug-likeness (QED) is 0.0262. The van der Waals surface area contributed by atoms with E-state index in [4.69, 9.17) is 14.2 Å². The first-order chi connectivity index (χ1) is 31.5. The maximum atomic E-state index is 12.7. The third-order valence-corrected chi connectivity index (χ3v) is 12.1. The highest BCUT2D eigenvalue weighted by Gasteiger charge is 2.19. The van der Waals surface area contributed by atoms with Crippen LogP contribution in [0.2, 0.25) is 0 Å². The lowest BCUT2D eigenvalue weighted by atomic mass is 10.0. The van der Waals surface area contributed by atoms with Crippen molar-refractivity contribution >= 4 is 17.9 Å². The molecule has 0 amide bonds. The largest absolute Gasteiger partial charge is 0.462 e. The SMILES string of the molecule is CC/C=C\C/C=C\C/C=C\C/C=C\CCCCCCCCCCCCCCCCCCC(=O)OCC(COC(=O)CCCCCCCCC)OC(=O)CCCCCCCCCCCC. The zero-order valence-electron chi connectivity index (χ0n) is 42.6. The Morgan fingerprint density at radius 2 is 0.609 bits per heavy atom. The number of hydrogen-bond donors (Lipinski definition) is 0. The highest BCUT2D eigenvalue weighted by atomic mass is 16.6. The topological polar surface area (TPSA) is 78.9 Å². The summed E-state index contributed by atoms with van der Waals surface area (Å²) in [5.41, 5.74) is 0. The van der Waals surface area contributed by atoms with Crippen LogP contribution in [0.15, 0.2) is 48.6 Å². The van der Waals surface area contributed by atoms with Crippen molar-refractivity contribution in [1.82, 2.24) is 0 Å². The van der Waals surface area contributed by atoms with Crippen molar-refractivity contribution in [3.05, 3.63) is 48.6 Å². The molecule has 372 valence electrons. The van der Waals surface area contributed by atoms with E-state index in [0.717, 1.165) is 83.5 Å². The van der Waals surface area contributed by atoms with Crippen LogP contribution < -0.4 is 0 Å². The van der Waals surface area contributed by atoms with Gasteiger partial charge in [-0.25, -0.2) is 0 Å². The number of esters is 3. The lowest BCUT2D eigenvalue weighted by molar-refractivity contribution is -0.167. The van der Waals surface area contributed by atoms with Crippen molar-refractivity contribution in [2.24, 2.45) is 0 Å². The second-order valence-electron chi connectivity index (χ2n) is 18.5.